The van der Waals surface area contributed by atoms with Crippen LogP contribution in [0.4, 0.5) is 5.69 Å². The van der Waals surface area contributed by atoms with Gasteiger partial charge in [0.25, 0.3) is 0 Å². The molecule has 78 valence electrons. The number of hydrogen-bond acceptors (Lipinski definition) is 2. The van der Waals surface area contributed by atoms with Gasteiger partial charge in [-0.05, 0) is 25.0 Å². The summed E-state index contributed by atoms with van der Waals surface area (Å²) in [5.41, 5.74) is 2.48. The van der Waals surface area contributed by atoms with Crippen molar-refractivity contribution in [3.05, 3.63) is 29.8 Å². The molecule has 0 radical (unpaired) electrons. The Labute approximate surface area is 86.2 Å². The van der Waals surface area contributed by atoms with E-state index < -0.39 is 0 Å². The number of nitrogens with zero attached hydrogens (tertiary/aromatic N) is 1. The van der Waals surface area contributed by atoms with Gasteiger partial charge in [-0.2, -0.15) is 0 Å². The topological polar surface area (TPSA) is 23.5 Å². The third kappa shape index (κ3) is 3.04. The molecule has 0 bridgehead atoms. The Kier molecular flexibility index (Phi) is 3.96. The predicted octanol–water partition coefficient (Wildman–Crippen LogP) is 2.06. The number of aliphatic hydroxyl groups excluding tert-OH is 1. The fourth-order valence-electron chi connectivity index (χ4n) is 1.43. The lowest BCUT2D eigenvalue weighted by Crippen LogP contribution is -2.25. The molecule has 0 aliphatic rings. The second-order valence-electron chi connectivity index (χ2n) is 4.00. The Morgan fingerprint density at radius 3 is 2.36 bits per heavy atom. The van der Waals surface area contributed by atoms with Crippen LogP contribution in [0.2, 0.25) is 0 Å². The quantitative estimate of drug-likeness (QED) is 0.791. The maximum Gasteiger partial charge on any atom is 0.0473 e. The van der Waals surface area contributed by atoms with Gasteiger partial charge in [0.05, 0.1) is 0 Å². The standard InChI is InChI=1S/C12H19NO/c1-10-4-6-12(7-5-10)13(3)8-11(2)9-14/h4-7,11,14H,8-9H2,1-3H3. The first-order valence-corrected chi connectivity index (χ1v) is 5.02. The molecule has 0 spiro atoms. The van der Waals surface area contributed by atoms with Crippen LogP contribution in [0.1, 0.15) is 12.5 Å². The minimum absolute atomic E-state index is 0.246. The van der Waals surface area contributed by atoms with E-state index in [4.69, 9.17) is 5.11 Å². The average Bonchev–Trinajstić information content (AvgIpc) is 2.18. The largest absolute Gasteiger partial charge is 0.396 e. The Balaban J connectivity index is 2.60. The van der Waals surface area contributed by atoms with Gasteiger partial charge in [0, 0.05) is 25.9 Å². The summed E-state index contributed by atoms with van der Waals surface area (Å²) in [4.78, 5) is 2.17. The van der Waals surface area contributed by atoms with Crippen LogP contribution < -0.4 is 4.90 Å². The van der Waals surface area contributed by atoms with Crippen molar-refractivity contribution in [3.8, 4) is 0 Å². The van der Waals surface area contributed by atoms with Crippen molar-refractivity contribution in [2.75, 3.05) is 25.1 Å². The molecule has 2 heteroatoms. The molecule has 14 heavy (non-hydrogen) atoms. The molecule has 1 aromatic rings. The van der Waals surface area contributed by atoms with E-state index in [1.807, 2.05) is 6.92 Å². The number of aliphatic hydroxyl groups is 1. The molecule has 0 aliphatic carbocycles. The summed E-state index contributed by atoms with van der Waals surface area (Å²) in [6.45, 7) is 5.26. The van der Waals surface area contributed by atoms with Crippen LogP contribution in [-0.2, 0) is 0 Å². The Morgan fingerprint density at radius 1 is 1.29 bits per heavy atom. The molecule has 0 saturated carbocycles. The number of anilines is 1. The molecule has 1 unspecified atom stereocenters. The molecular formula is C12H19NO. The zero-order chi connectivity index (χ0) is 10.6. The van der Waals surface area contributed by atoms with Gasteiger partial charge in [0.1, 0.15) is 0 Å². The summed E-state index contributed by atoms with van der Waals surface area (Å²) in [6.07, 6.45) is 0. The molecule has 0 aliphatic heterocycles. The fourth-order valence-corrected chi connectivity index (χ4v) is 1.43. The van der Waals surface area contributed by atoms with E-state index in [2.05, 4.69) is 43.1 Å². The lowest BCUT2D eigenvalue weighted by atomic mass is 10.1. The fraction of sp³-hybridized carbons (Fsp3) is 0.500. The van der Waals surface area contributed by atoms with E-state index in [0.29, 0.717) is 5.92 Å². The molecule has 1 atom stereocenters. The molecule has 0 heterocycles. The van der Waals surface area contributed by atoms with E-state index in [0.717, 1.165) is 6.54 Å². The summed E-state index contributed by atoms with van der Waals surface area (Å²) >= 11 is 0. The van der Waals surface area contributed by atoms with Gasteiger partial charge in [0.15, 0.2) is 0 Å². The summed E-state index contributed by atoms with van der Waals surface area (Å²) in [6, 6.07) is 8.43. The SMILES string of the molecule is Cc1ccc(N(C)CC(C)CO)cc1. The smallest absolute Gasteiger partial charge is 0.0473 e. The minimum Gasteiger partial charge on any atom is -0.396 e. The molecule has 0 amide bonds. The van der Waals surface area contributed by atoms with Gasteiger partial charge < -0.3 is 10.0 Å². The van der Waals surface area contributed by atoms with Crippen LogP contribution in [0.25, 0.3) is 0 Å². The highest BCUT2D eigenvalue weighted by atomic mass is 16.3. The van der Waals surface area contributed by atoms with Crippen molar-refractivity contribution >= 4 is 5.69 Å². The molecular weight excluding hydrogens is 174 g/mol. The molecule has 1 N–H and O–H groups in total. The van der Waals surface area contributed by atoms with E-state index in [-0.39, 0.29) is 6.61 Å². The van der Waals surface area contributed by atoms with E-state index in [1.54, 1.807) is 0 Å². The van der Waals surface area contributed by atoms with Crippen molar-refractivity contribution < 1.29 is 5.11 Å². The highest BCUT2D eigenvalue weighted by molar-refractivity contribution is 5.46. The molecule has 1 rings (SSSR count). The lowest BCUT2D eigenvalue weighted by Gasteiger charge is -2.22. The van der Waals surface area contributed by atoms with Crippen molar-refractivity contribution in [3.63, 3.8) is 0 Å². The molecule has 0 fully saturated rings. The van der Waals surface area contributed by atoms with Crippen LogP contribution in [-0.4, -0.2) is 25.3 Å². The van der Waals surface area contributed by atoms with Crippen molar-refractivity contribution in [1.29, 1.82) is 0 Å². The zero-order valence-corrected chi connectivity index (χ0v) is 9.20. The lowest BCUT2D eigenvalue weighted by molar-refractivity contribution is 0.240. The highest BCUT2D eigenvalue weighted by Gasteiger charge is 2.05. The first kappa shape index (κ1) is 11.1. The number of hydrogen-bond donors (Lipinski definition) is 1. The average molecular weight is 193 g/mol. The summed E-state index contributed by atoms with van der Waals surface area (Å²) in [7, 11) is 2.05. The van der Waals surface area contributed by atoms with E-state index in [9.17, 15) is 0 Å². The normalized spacial score (nSPS) is 12.6. The first-order chi connectivity index (χ1) is 6.63. The predicted molar refractivity (Wildman–Crippen MR) is 60.7 cm³/mol. The van der Waals surface area contributed by atoms with Crippen molar-refractivity contribution in [1.82, 2.24) is 0 Å². The Hall–Kier alpha value is -1.02. The second-order valence-corrected chi connectivity index (χ2v) is 4.00. The monoisotopic (exact) mass is 193 g/mol. The van der Waals surface area contributed by atoms with Crippen LogP contribution in [0, 0.1) is 12.8 Å². The van der Waals surface area contributed by atoms with Crippen molar-refractivity contribution in [2.45, 2.75) is 13.8 Å². The van der Waals surface area contributed by atoms with Crippen LogP contribution in [0.3, 0.4) is 0 Å². The third-order valence-corrected chi connectivity index (χ3v) is 2.37. The van der Waals surface area contributed by atoms with Crippen LogP contribution >= 0.6 is 0 Å². The van der Waals surface area contributed by atoms with Gasteiger partial charge >= 0.3 is 0 Å². The highest BCUT2D eigenvalue weighted by Crippen LogP contribution is 2.14. The maximum absolute atomic E-state index is 8.95. The van der Waals surface area contributed by atoms with Gasteiger partial charge in [-0.25, -0.2) is 0 Å². The molecule has 0 saturated heterocycles. The summed E-state index contributed by atoms with van der Waals surface area (Å²) < 4.78 is 0. The second kappa shape index (κ2) is 5.01. The zero-order valence-electron chi connectivity index (χ0n) is 9.20. The van der Waals surface area contributed by atoms with Crippen LogP contribution in [0.5, 0.6) is 0 Å². The van der Waals surface area contributed by atoms with Gasteiger partial charge in [-0.15, -0.1) is 0 Å². The van der Waals surface area contributed by atoms with E-state index >= 15 is 0 Å². The number of aryl methyl sites for hydroxylation is 1. The first-order valence-electron chi connectivity index (χ1n) is 5.02. The molecule has 2 nitrogen and oxygen atoms in total. The summed E-state index contributed by atoms with van der Waals surface area (Å²) in [5, 5.41) is 8.95. The van der Waals surface area contributed by atoms with Crippen LogP contribution in [0.15, 0.2) is 24.3 Å². The van der Waals surface area contributed by atoms with Gasteiger partial charge in [-0.3, -0.25) is 0 Å². The van der Waals surface area contributed by atoms with Crippen molar-refractivity contribution in [2.24, 2.45) is 5.92 Å². The third-order valence-electron chi connectivity index (χ3n) is 2.37. The number of rotatable bonds is 4. The van der Waals surface area contributed by atoms with Gasteiger partial charge in [-0.1, -0.05) is 24.6 Å². The minimum atomic E-state index is 0.246. The number of benzene rings is 1. The van der Waals surface area contributed by atoms with Gasteiger partial charge in [0.2, 0.25) is 0 Å². The molecule has 0 aromatic heterocycles. The Morgan fingerprint density at radius 2 is 1.86 bits per heavy atom. The maximum atomic E-state index is 8.95. The Bertz CT molecular complexity index is 268. The molecule has 1 aromatic carbocycles. The van der Waals surface area contributed by atoms with E-state index in [1.165, 1.54) is 11.3 Å². The summed E-state index contributed by atoms with van der Waals surface area (Å²) in [5.74, 6) is 0.321.